The molecule has 6 heteroatoms. The number of primary amides is 1. The lowest BCUT2D eigenvalue weighted by Crippen LogP contribution is -2.42. The van der Waals surface area contributed by atoms with E-state index in [1.54, 1.807) is 18.2 Å². The van der Waals surface area contributed by atoms with Crippen molar-refractivity contribution in [1.82, 2.24) is 5.32 Å². The zero-order chi connectivity index (χ0) is 12.1. The van der Waals surface area contributed by atoms with Crippen LogP contribution < -0.4 is 15.8 Å². The molecule has 86 valence electrons. The molecular weight excluding hydrogens is 276 g/mol. The summed E-state index contributed by atoms with van der Waals surface area (Å²) in [6.45, 7) is 1.53. The quantitative estimate of drug-likeness (QED) is 0.882. The molecule has 0 saturated carbocycles. The fourth-order valence-corrected chi connectivity index (χ4v) is 1.40. The second-order valence-electron chi connectivity index (χ2n) is 3.07. The summed E-state index contributed by atoms with van der Waals surface area (Å²) in [5.74, 6) is -0.0472. The van der Waals surface area contributed by atoms with E-state index in [0.29, 0.717) is 5.75 Å². The second-order valence-corrected chi connectivity index (χ2v) is 3.99. The molecule has 16 heavy (non-hydrogen) atoms. The van der Waals surface area contributed by atoms with Crippen LogP contribution in [-0.2, 0) is 4.79 Å². The average molecular weight is 287 g/mol. The van der Waals surface area contributed by atoms with Crippen molar-refractivity contribution in [3.63, 3.8) is 0 Å². The van der Waals surface area contributed by atoms with E-state index in [4.69, 9.17) is 10.5 Å². The first-order chi connectivity index (χ1) is 7.49. The summed E-state index contributed by atoms with van der Waals surface area (Å²) < 4.78 is 6.15. The van der Waals surface area contributed by atoms with Gasteiger partial charge in [0.1, 0.15) is 5.75 Å². The summed E-state index contributed by atoms with van der Waals surface area (Å²) in [4.78, 5) is 21.7. The number of benzene rings is 1. The molecule has 0 unspecified atom stereocenters. The molecule has 3 amide bonds. The van der Waals surface area contributed by atoms with Gasteiger partial charge in [-0.3, -0.25) is 10.1 Å². The fraction of sp³-hybridized carbons (Fsp3) is 0.200. The van der Waals surface area contributed by atoms with Gasteiger partial charge in [-0.25, -0.2) is 4.79 Å². The third-order valence-corrected chi connectivity index (χ3v) is 2.22. The predicted molar refractivity (Wildman–Crippen MR) is 62.0 cm³/mol. The van der Waals surface area contributed by atoms with Gasteiger partial charge in [0.2, 0.25) is 0 Å². The van der Waals surface area contributed by atoms with Crippen LogP contribution in [0.25, 0.3) is 0 Å². The van der Waals surface area contributed by atoms with Crippen LogP contribution in [0.3, 0.4) is 0 Å². The molecule has 1 rings (SSSR count). The molecule has 0 saturated heterocycles. The largest absolute Gasteiger partial charge is 0.481 e. The van der Waals surface area contributed by atoms with Gasteiger partial charge in [0, 0.05) is 4.47 Å². The van der Waals surface area contributed by atoms with Crippen LogP contribution in [0.2, 0.25) is 0 Å². The number of carbonyl (C=O) groups is 2. The molecule has 0 fully saturated rings. The molecule has 0 heterocycles. The van der Waals surface area contributed by atoms with Crippen LogP contribution in [0.15, 0.2) is 28.7 Å². The Bertz CT molecular complexity index is 409. The van der Waals surface area contributed by atoms with Crippen LogP contribution in [-0.4, -0.2) is 18.0 Å². The molecule has 0 radical (unpaired) electrons. The predicted octanol–water partition coefficient (Wildman–Crippen LogP) is 1.41. The van der Waals surface area contributed by atoms with Crippen molar-refractivity contribution in [2.75, 3.05) is 0 Å². The maximum absolute atomic E-state index is 11.3. The minimum Gasteiger partial charge on any atom is -0.481 e. The molecule has 0 aromatic heterocycles. The van der Waals surface area contributed by atoms with Gasteiger partial charge in [-0.2, -0.15) is 0 Å². The van der Waals surface area contributed by atoms with Crippen molar-refractivity contribution in [1.29, 1.82) is 0 Å². The smallest absolute Gasteiger partial charge is 0.318 e. The van der Waals surface area contributed by atoms with Crippen molar-refractivity contribution in [3.05, 3.63) is 28.7 Å². The van der Waals surface area contributed by atoms with Gasteiger partial charge in [0.05, 0.1) is 0 Å². The number of amides is 3. The Hall–Kier alpha value is -1.56. The highest BCUT2D eigenvalue weighted by Crippen LogP contribution is 2.18. The highest BCUT2D eigenvalue weighted by Gasteiger charge is 2.15. The average Bonchev–Trinajstić information content (AvgIpc) is 2.16. The van der Waals surface area contributed by atoms with Gasteiger partial charge in [0.15, 0.2) is 6.10 Å². The standard InChI is InChI=1S/C10H11BrN2O3/c1-6(9(14)13-10(12)15)16-8-4-2-3-7(11)5-8/h2-6H,1H3,(H3,12,13,14,15)/t6-/m1/s1. The number of hydrogen-bond donors (Lipinski definition) is 2. The first-order valence-electron chi connectivity index (χ1n) is 4.51. The summed E-state index contributed by atoms with van der Waals surface area (Å²) >= 11 is 3.27. The van der Waals surface area contributed by atoms with Crippen LogP contribution in [0, 0.1) is 0 Å². The molecule has 1 atom stereocenters. The first kappa shape index (κ1) is 12.5. The number of imide groups is 1. The number of halogens is 1. The number of nitrogens with one attached hydrogen (secondary N) is 1. The zero-order valence-corrected chi connectivity index (χ0v) is 10.2. The second kappa shape index (κ2) is 5.50. The van der Waals surface area contributed by atoms with Crippen LogP contribution in [0.1, 0.15) is 6.92 Å². The maximum Gasteiger partial charge on any atom is 0.318 e. The minimum absolute atomic E-state index is 0.529. The Labute approximate surface area is 101 Å². The van der Waals surface area contributed by atoms with Gasteiger partial charge in [0.25, 0.3) is 5.91 Å². The Morgan fingerprint density at radius 3 is 2.75 bits per heavy atom. The minimum atomic E-state index is -0.894. The van der Waals surface area contributed by atoms with E-state index in [0.717, 1.165) is 4.47 Å². The van der Waals surface area contributed by atoms with E-state index in [2.05, 4.69) is 15.9 Å². The Balaban J connectivity index is 2.60. The van der Waals surface area contributed by atoms with Crippen molar-refractivity contribution in [3.8, 4) is 5.75 Å². The van der Waals surface area contributed by atoms with E-state index in [9.17, 15) is 9.59 Å². The van der Waals surface area contributed by atoms with Gasteiger partial charge in [-0.1, -0.05) is 22.0 Å². The van der Waals surface area contributed by atoms with Gasteiger partial charge < -0.3 is 10.5 Å². The van der Waals surface area contributed by atoms with E-state index in [1.165, 1.54) is 6.92 Å². The summed E-state index contributed by atoms with van der Waals surface area (Å²) in [5, 5.41) is 1.94. The summed E-state index contributed by atoms with van der Waals surface area (Å²) in [6.07, 6.45) is -0.790. The summed E-state index contributed by atoms with van der Waals surface area (Å²) in [6, 6.07) is 6.14. The molecule has 0 aliphatic heterocycles. The maximum atomic E-state index is 11.3. The van der Waals surface area contributed by atoms with Crippen LogP contribution >= 0.6 is 15.9 Å². The lowest BCUT2D eigenvalue weighted by molar-refractivity contribution is -0.126. The van der Waals surface area contributed by atoms with Gasteiger partial charge in [-0.15, -0.1) is 0 Å². The van der Waals surface area contributed by atoms with Gasteiger partial charge in [-0.05, 0) is 25.1 Å². The Morgan fingerprint density at radius 1 is 1.50 bits per heavy atom. The lowest BCUT2D eigenvalue weighted by atomic mass is 10.3. The number of rotatable bonds is 3. The van der Waals surface area contributed by atoms with E-state index in [1.807, 2.05) is 11.4 Å². The fourth-order valence-electron chi connectivity index (χ4n) is 1.02. The van der Waals surface area contributed by atoms with Crippen molar-refractivity contribution < 1.29 is 14.3 Å². The number of hydrogen-bond acceptors (Lipinski definition) is 3. The number of carbonyl (C=O) groups excluding carboxylic acids is 2. The van der Waals surface area contributed by atoms with E-state index < -0.39 is 18.0 Å². The van der Waals surface area contributed by atoms with Crippen molar-refractivity contribution >= 4 is 27.9 Å². The van der Waals surface area contributed by atoms with E-state index >= 15 is 0 Å². The molecule has 3 N–H and O–H groups in total. The molecule has 5 nitrogen and oxygen atoms in total. The summed E-state index contributed by atoms with van der Waals surface area (Å²) in [5.41, 5.74) is 4.81. The molecule has 0 bridgehead atoms. The third-order valence-electron chi connectivity index (χ3n) is 1.72. The Morgan fingerprint density at radius 2 is 2.19 bits per heavy atom. The third kappa shape index (κ3) is 3.90. The van der Waals surface area contributed by atoms with Crippen LogP contribution in [0.5, 0.6) is 5.75 Å². The SMILES string of the molecule is C[C@@H](Oc1cccc(Br)c1)C(=O)NC(N)=O. The molecule has 1 aromatic carbocycles. The highest BCUT2D eigenvalue weighted by molar-refractivity contribution is 9.10. The molecule has 0 aliphatic carbocycles. The van der Waals surface area contributed by atoms with Gasteiger partial charge >= 0.3 is 6.03 Å². The van der Waals surface area contributed by atoms with E-state index in [-0.39, 0.29) is 0 Å². The van der Waals surface area contributed by atoms with Crippen molar-refractivity contribution in [2.24, 2.45) is 5.73 Å². The monoisotopic (exact) mass is 286 g/mol. The molecule has 0 spiro atoms. The molecule has 1 aromatic rings. The highest BCUT2D eigenvalue weighted by atomic mass is 79.9. The Kier molecular flexibility index (Phi) is 4.30. The van der Waals surface area contributed by atoms with Crippen molar-refractivity contribution in [2.45, 2.75) is 13.0 Å². The lowest BCUT2D eigenvalue weighted by Gasteiger charge is -2.13. The number of ether oxygens (including phenoxy) is 1. The number of urea groups is 1. The number of nitrogens with two attached hydrogens (primary N) is 1. The molecule has 0 aliphatic rings. The normalized spacial score (nSPS) is 11.6. The topological polar surface area (TPSA) is 81.4 Å². The first-order valence-corrected chi connectivity index (χ1v) is 5.31. The summed E-state index contributed by atoms with van der Waals surface area (Å²) in [7, 11) is 0. The molecular formula is C10H11BrN2O3. The zero-order valence-electron chi connectivity index (χ0n) is 8.57. The van der Waals surface area contributed by atoms with Crippen LogP contribution in [0.4, 0.5) is 4.79 Å².